The normalized spacial score (nSPS) is 10.4. The second-order valence-electron chi connectivity index (χ2n) is 3.23. The summed E-state index contributed by atoms with van der Waals surface area (Å²) in [5, 5.41) is 8.47. The second kappa shape index (κ2) is 4.91. The van der Waals surface area contributed by atoms with E-state index >= 15 is 0 Å². The fraction of sp³-hybridized carbons (Fsp3) is 0.333. The van der Waals surface area contributed by atoms with Crippen LogP contribution in [-0.4, -0.2) is 27.6 Å². The van der Waals surface area contributed by atoms with E-state index in [0.717, 1.165) is 5.69 Å². The lowest BCUT2D eigenvalue weighted by molar-refractivity contribution is 0.0942. The highest BCUT2D eigenvalue weighted by Gasteiger charge is 2.14. The number of aromatic nitrogens is 3. The molecule has 8 heteroatoms. The molecule has 0 radical (unpaired) electrons. The van der Waals surface area contributed by atoms with Gasteiger partial charge in [-0.2, -0.15) is 4.98 Å². The molecule has 0 aliphatic carbocycles. The molecule has 0 aliphatic rings. The van der Waals surface area contributed by atoms with Crippen LogP contribution in [0.1, 0.15) is 29.1 Å². The van der Waals surface area contributed by atoms with Gasteiger partial charge in [0.25, 0.3) is 11.7 Å². The summed E-state index contributed by atoms with van der Waals surface area (Å²) in [5.74, 6) is 0.0295. The van der Waals surface area contributed by atoms with E-state index in [4.69, 9.17) is 10.3 Å². The summed E-state index contributed by atoms with van der Waals surface area (Å²) >= 11 is 1.34. The van der Waals surface area contributed by atoms with Crippen molar-refractivity contribution in [2.75, 3.05) is 12.3 Å². The van der Waals surface area contributed by atoms with E-state index in [1.807, 2.05) is 12.3 Å². The second-order valence-corrected chi connectivity index (χ2v) is 4.11. The number of carbonyl (C=O) groups is 1. The Balaban J connectivity index is 2.06. The van der Waals surface area contributed by atoms with Crippen molar-refractivity contribution >= 4 is 22.4 Å². The van der Waals surface area contributed by atoms with Gasteiger partial charge in [0.2, 0.25) is 5.89 Å². The van der Waals surface area contributed by atoms with E-state index in [-0.39, 0.29) is 11.7 Å². The van der Waals surface area contributed by atoms with Gasteiger partial charge in [-0.25, -0.2) is 4.98 Å². The lowest BCUT2D eigenvalue weighted by atomic mass is 10.3. The largest absolute Gasteiger partial charge is 0.375 e. The lowest BCUT2D eigenvalue weighted by Crippen LogP contribution is -2.23. The van der Waals surface area contributed by atoms with Crippen molar-refractivity contribution in [2.24, 2.45) is 0 Å². The molecule has 0 unspecified atom stereocenters. The minimum Gasteiger partial charge on any atom is -0.375 e. The quantitative estimate of drug-likeness (QED) is 0.819. The number of hydrogen-bond acceptors (Lipinski definition) is 7. The van der Waals surface area contributed by atoms with E-state index < -0.39 is 0 Å². The minimum absolute atomic E-state index is 0.0325. The number of nitrogens with one attached hydrogen (secondary N) is 1. The van der Waals surface area contributed by atoms with Crippen molar-refractivity contribution < 1.29 is 9.32 Å². The van der Waals surface area contributed by atoms with E-state index in [1.54, 1.807) is 0 Å². The molecule has 0 spiro atoms. The molecule has 3 N–H and O–H groups in total. The summed E-state index contributed by atoms with van der Waals surface area (Å²) in [6.45, 7) is 2.34. The number of thiazole rings is 1. The first kappa shape index (κ1) is 11.5. The molecule has 17 heavy (non-hydrogen) atoms. The number of anilines is 1. The summed E-state index contributed by atoms with van der Waals surface area (Å²) < 4.78 is 4.95. The lowest BCUT2D eigenvalue weighted by Gasteiger charge is -1.93. The van der Waals surface area contributed by atoms with Crippen LogP contribution in [0.15, 0.2) is 9.90 Å². The monoisotopic (exact) mass is 253 g/mol. The molecular weight excluding hydrogens is 242 g/mol. The van der Waals surface area contributed by atoms with Crippen LogP contribution >= 0.6 is 11.3 Å². The van der Waals surface area contributed by atoms with Gasteiger partial charge in [0.15, 0.2) is 5.13 Å². The molecule has 0 atom stereocenters. The number of rotatable bonds is 4. The Bertz CT molecular complexity index is 521. The number of nitrogen functional groups attached to an aromatic ring is 1. The molecule has 0 aromatic carbocycles. The summed E-state index contributed by atoms with van der Waals surface area (Å²) in [6, 6.07) is 0. The van der Waals surface area contributed by atoms with Gasteiger partial charge in [0, 0.05) is 11.9 Å². The molecule has 0 aliphatic heterocycles. The van der Waals surface area contributed by atoms with Crippen molar-refractivity contribution in [1.29, 1.82) is 0 Å². The molecule has 0 bridgehead atoms. The van der Waals surface area contributed by atoms with Crippen LogP contribution < -0.4 is 11.1 Å². The van der Waals surface area contributed by atoms with E-state index in [2.05, 4.69) is 20.4 Å². The number of nitrogens with zero attached hydrogens (tertiary/aromatic N) is 3. The van der Waals surface area contributed by atoms with Crippen LogP contribution in [0.3, 0.4) is 0 Å². The van der Waals surface area contributed by atoms with Crippen LogP contribution in [0.25, 0.3) is 0 Å². The molecule has 2 heterocycles. The fourth-order valence-corrected chi connectivity index (χ4v) is 1.78. The molecule has 0 fully saturated rings. The van der Waals surface area contributed by atoms with Crippen molar-refractivity contribution in [3.63, 3.8) is 0 Å². The van der Waals surface area contributed by atoms with Gasteiger partial charge in [-0.05, 0) is 6.92 Å². The maximum atomic E-state index is 11.4. The molecule has 2 rings (SSSR count). The van der Waals surface area contributed by atoms with Crippen molar-refractivity contribution in [3.05, 3.63) is 22.8 Å². The first-order chi connectivity index (χ1) is 8.19. The van der Waals surface area contributed by atoms with E-state index in [9.17, 15) is 4.79 Å². The summed E-state index contributed by atoms with van der Waals surface area (Å²) in [4.78, 5) is 19.4. The van der Waals surface area contributed by atoms with Gasteiger partial charge in [0.1, 0.15) is 0 Å². The zero-order valence-electron chi connectivity index (χ0n) is 9.14. The molecule has 2 aromatic rings. The average molecular weight is 253 g/mol. The third kappa shape index (κ3) is 2.78. The van der Waals surface area contributed by atoms with Gasteiger partial charge in [-0.15, -0.1) is 11.3 Å². The summed E-state index contributed by atoms with van der Waals surface area (Å²) in [6.07, 6.45) is 0.375. The van der Waals surface area contributed by atoms with Gasteiger partial charge < -0.3 is 15.6 Å². The Labute approximate surface area is 101 Å². The number of nitrogens with two attached hydrogens (primary N) is 1. The van der Waals surface area contributed by atoms with Crippen LogP contribution in [0.2, 0.25) is 0 Å². The third-order valence-electron chi connectivity index (χ3n) is 1.91. The maximum absolute atomic E-state index is 11.4. The Morgan fingerprint density at radius 3 is 3.06 bits per heavy atom. The topological polar surface area (TPSA) is 107 Å². The highest BCUT2D eigenvalue weighted by molar-refractivity contribution is 7.13. The van der Waals surface area contributed by atoms with E-state index in [1.165, 1.54) is 11.3 Å². The molecule has 2 aromatic heterocycles. The number of hydrogen-bond donors (Lipinski definition) is 2. The molecule has 0 saturated heterocycles. The van der Waals surface area contributed by atoms with Gasteiger partial charge in [-0.3, -0.25) is 4.79 Å². The van der Waals surface area contributed by atoms with Crippen LogP contribution in [0.4, 0.5) is 5.13 Å². The van der Waals surface area contributed by atoms with Gasteiger partial charge in [-0.1, -0.05) is 5.16 Å². The standard InChI is InChI=1S/C9H11N5O2S/c1-2-11-8(15)7-13-6(16-14-7)3-5-4-17-9(10)12-5/h4H,2-3H2,1H3,(H2,10,12)(H,11,15). The highest BCUT2D eigenvalue weighted by Crippen LogP contribution is 2.14. The minimum atomic E-state index is -0.347. The maximum Gasteiger partial charge on any atom is 0.292 e. The predicted molar refractivity (Wildman–Crippen MR) is 61.6 cm³/mol. The third-order valence-corrected chi connectivity index (χ3v) is 2.63. The average Bonchev–Trinajstić information content (AvgIpc) is 2.89. The van der Waals surface area contributed by atoms with E-state index in [0.29, 0.717) is 24.0 Å². The molecule has 7 nitrogen and oxygen atoms in total. The van der Waals surface area contributed by atoms with Crippen LogP contribution in [0, 0.1) is 0 Å². The SMILES string of the molecule is CCNC(=O)c1noc(Cc2csc(N)n2)n1. The Morgan fingerprint density at radius 1 is 1.59 bits per heavy atom. The van der Waals surface area contributed by atoms with Crippen molar-refractivity contribution in [3.8, 4) is 0 Å². The fourth-order valence-electron chi connectivity index (χ4n) is 1.22. The molecular formula is C9H11N5O2S. The first-order valence-electron chi connectivity index (χ1n) is 4.99. The van der Waals surface area contributed by atoms with Crippen LogP contribution in [-0.2, 0) is 6.42 Å². The van der Waals surface area contributed by atoms with Crippen LogP contribution in [0.5, 0.6) is 0 Å². The molecule has 0 saturated carbocycles. The smallest absolute Gasteiger partial charge is 0.292 e. The zero-order chi connectivity index (χ0) is 12.3. The molecule has 1 amide bonds. The Kier molecular flexibility index (Phi) is 3.33. The van der Waals surface area contributed by atoms with Crippen molar-refractivity contribution in [1.82, 2.24) is 20.4 Å². The first-order valence-corrected chi connectivity index (χ1v) is 5.87. The predicted octanol–water partition coefficient (Wildman–Crippen LogP) is 0.449. The summed E-state index contributed by atoms with van der Waals surface area (Å²) in [7, 11) is 0. The number of amides is 1. The molecule has 90 valence electrons. The zero-order valence-corrected chi connectivity index (χ0v) is 9.95. The Morgan fingerprint density at radius 2 is 2.41 bits per heavy atom. The van der Waals surface area contributed by atoms with Gasteiger partial charge in [0.05, 0.1) is 12.1 Å². The Hall–Kier alpha value is -1.96. The highest BCUT2D eigenvalue weighted by atomic mass is 32.1. The number of carbonyl (C=O) groups excluding carboxylic acids is 1. The summed E-state index contributed by atoms with van der Waals surface area (Å²) in [5.41, 5.74) is 6.25. The van der Waals surface area contributed by atoms with Crippen molar-refractivity contribution in [2.45, 2.75) is 13.3 Å². The van der Waals surface area contributed by atoms with Gasteiger partial charge >= 0.3 is 0 Å².